The summed E-state index contributed by atoms with van der Waals surface area (Å²) in [6, 6.07) is 12.9. The third-order valence-electron chi connectivity index (χ3n) is 4.94. The van der Waals surface area contributed by atoms with Crippen LogP contribution in [0.1, 0.15) is 36.1 Å². The lowest BCUT2D eigenvalue weighted by atomic mass is 9.94. The minimum atomic E-state index is -0.269. The zero-order valence-electron chi connectivity index (χ0n) is 16.9. The molecule has 3 aromatic rings. The Morgan fingerprint density at radius 2 is 1.64 bits per heavy atom. The summed E-state index contributed by atoms with van der Waals surface area (Å²) in [5.41, 5.74) is 6.26. The van der Waals surface area contributed by atoms with E-state index in [-0.39, 0.29) is 5.82 Å². The molecule has 0 N–H and O–H groups in total. The van der Waals surface area contributed by atoms with E-state index in [2.05, 4.69) is 32.0 Å². The van der Waals surface area contributed by atoms with Crippen molar-refractivity contribution < 1.29 is 13.9 Å². The van der Waals surface area contributed by atoms with Crippen molar-refractivity contribution in [1.82, 2.24) is 4.98 Å². The van der Waals surface area contributed by atoms with Gasteiger partial charge >= 0.3 is 0 Å². The molecule has 1 aromatic heterocycles. The van der Waals surface area contributed by atoms with Crippen LogP contribution in [0.25, 0.3) is 11.3 Å². The summed E-state index contributed by atoms with van der Waals surface area (Å²) in [6.45, 7) is 6.44. The summed E-state index contributed by atoms with van der Waals surface area (Å²) in [5, 5.41) is 0. The van der Waals surface area contributed by atoms with Crippen molar-refractivity contribution >= 4 is 0 Å². The second-order valence-electron chi connectivity index (χ2n) is 6.74. The Hall–Kier alpha value is -2.88. The van der Waals surface area contributed by atoms with Crippen LogP contribution in [0, 0.1) is 12.7 Å². The van der Waals surface area contributed by atoms with E-state index < -0.39 is 0 Å². The number of rotatable bonds is 7. The SMILES string of the molecule is CCc1cccc(CC)c1-c1cc(OC)c(COc2ccc(F)cc2C)cn1. The highest BCUT2D eigenvalue weighted by atomic mass is 19.1. The largest absolute Gasteiger partial charge is 0.496 e. The second kappa shape index (κ2) is 8.87. The lowest BCUT2D eigenvalue weighted by Gasteiger charge is -2.16. The molecule has 3 nitrogen and oxygen atoms in total. The predicted octanol–water partition coefficient (Wildman–Crippen LogP) is 5.91. The molecule has 1 heterocycles. The van der Waals surface area contributed by atoms with Crippen LogP contribution in [0.2, 0.25) is 0 Å². The van der Waals surface area contributed by atoms with Gasteiger partial charge in [-0.15, -0.1) is 0 Å². The maximum atomic E-state index is 13.3. The molecule has 0 aliphatic rings. The lowest BCUT2D eigenvalue weighted by Crippen LogP contribution is -2.03. The smallest absolute Gasteiger partial charge is 0.129 e. The van der Waals surface area contributed by atoms with Crippen molar-refractivity contribution in [2.24, 2.45) is 0 Å². The number of nitrogens with zero attached hydrogens (tertiary/aromatic N) is 1. The molecule has 0 aliphatic heterocycles. The summed E-state index contributed by atoms with van der Waals surface area (Å²) in [6.07, 6.45) is 3.70. The minimum Gasteiger partial charge on any atom is -0.496 e. The van der Waals surface area contributed by atoms with Crippen LogP contribution < -0.4 is 9.47 Å². The van der Waals surface area contributed by atoms with Gasteiger partial charge in [0.05, 0.1) is 12.8 Å². The number of methoxy groups -OCH3 is 1. The van der Waals surface area contributed by atoms with Crippen molar-refractivity contribution in [2.75, 3.05) is 7.11 Å². The molecule has 0 saturated heterocycles. The maximum Gasteiger partial charge on any atom is 0.129 e. The molecular weight excluding hydrogens is 353 g/mol. The van der Waals surface area contributed by atoms with Gasteiger partial charge in [0.25, 0.3) is 0 Å². The van der Waals surface area contributed by atoms with Gasteiger partial charge in [0.15, 0.2) is 0 Å². The summed E-state index contributed by atoms with van der Waals surface area (Å²) >= 11 is 0. The van der Waals surface area contributed by atoms with E-state index in [1.165, 1.54) is 28.8 Å². The van der Waals surface area contributed by atoms with E-state index in [9.17, 15) is 4.39 Å². The zero-order valence-corrected chi connectivity index (χ0v) is 16.9. The Kier molecular flexibility index (Phi) is 6.30. The lowest BCUT2D eigenvalue weighted by molar-refractivity contribution is 0.294. The number of pyridine rings is 1. The van der Waals surface area contributed by atoms with E-state index in [4.69, 9.17) is 14.5 Å². The predicted molar refractivity (Wildman–Crippen MR) is 110 cm³/mol. The van der Waals surface area contributed by atoms with Gasteiger partial charge in [-0.3, -0.25) is 4.98 Å². The fourth-order valence-electron chi connectivity index (χ4n) is 3.40. The minimum absolute atomic E-state index is 0.269. The Morgan fingerprint density at radius 1 is 0.929 bits per heavy atom. The van der Waals surface area contributed by atoms with Crippen LogP contribution in [0.4, 0.5) is 4.39 Å². The normalized spacial score (nSPS) is 10.8. The Bertz CT molecular complexity index is 947. The molecular formula is C24H26FNO2. The van der Waals surface area contributed by atoms with Gasteiger partial charge in [0, 0.05) is 23.4 Å². The van der Waals surface area contributed by atoms with Gasteiger partial charge in [-0.1, -0.05) is 32.0 Å². The highest BCUT2D eigenvalue weighted by Gasteiger charge is 2.14. The molecule has 0 unspecified atom stereocenters. The number of hydrogen-bond acceptors (Lipinski definition) is 3. The van der Waals surface area contributed by atoms with Crippen LogP contribution in [0.3, 0.4) is 0 Å². The maximum absolute atomic E-state index is 13.3. The van der Waals surface area contributed by atoms with Crippen LogP contribution in [0.5, 0.6) is 11.5 Å². The summed E-state index contributed by atoms with van der Waals surface area (Å²) in [4.78, 5) is 4.70. The number of hydrogen-bond donors (Lipinski definition) is 0. The molecule has 0 atom stereocenters. The second-order valence-corrected chi connectivity index (χ2v) is 6.74. The van der Waals surface area contributed by atoms with Gasteiger partial charge in [-0.25, -0.2) is 4.39 Å². The molecule has 0 spiro atoms. The summed E-state index contributed by atoms with van der Waals surface area (Å²) in [7, 11) is 1.65. The van der Waals surface area contributed by atoms with Gasteiger partial charge in [0.2, 0.25) is 0 Å². The third-order valence-corrected chi connectivity index (χ3v) is 4.94. The highest BCUT2D eigenvalue weighted by Crippen LogP contribution is 2.32. The zero-order chi connectivity index (χ0) is 20.1. The first-order valence-electron chi connectivity index (χ1n) is 9.60. The topological polar surface area (TPSA) is 31.4 Å². The molecule has 0 saturated carbocycles. The molecule has 0 radical (unpaired) electrons. The first-order valence-corrected chi connectivity index (χ1v) is 9.60. The van der Waals surface area contributed by atoms with Crippen LogP contribution in [-0.4, -0.2) is 12.1 Å². The molecule has 0 aliphatic carbocycles. The van der Waals surface area contributed by atoms with Crippen molar-refractivity contribution in [3.63, 3.8) is 0 Å². The molecule has 0 bridgehead atoms. The summed E-state index contributed by atoms with van der Waals surface area (Å²) in [5.74, 6) is 1.12. The van der Waals surface area contributed by atoms with Crippen molar-refractivity contribution in [3.8, 4) is 22.8 Å². The van der Waals surface area contributed by atoms with Crippen molar-refractivity contribution in [1.29, 1.82) is 0 Å². The van der Waals surface area contributed by atoms with Crippen molar-refractivity contribution in [3.05, 3.63) is 76.7 Å². The quantitative estimate of drug-likeness (QED) is 0.511. The van der Waals surface area contributed by atoms with Crippen molar-refractivity contribution in [2.45, 2.75) is 40.2 Å². The fourth-order valence-corrected chi connectivity index (χ4v) is 3.40. The number of benzene rings is 2. The van der Waals surface area contributed by atoms with Crippen LogP contribution in [-0.2, 0) is 19.4 Å². The first kappa shape index (κ1) is 19.9. The fraction of sp³-hybridized carbons (Fsp3) is 0.292. The number of halogens is 1. The summed E-state index contributed by atoms with van der Waals surface area (Å²) < 4.78 is 24.8. The monoisotopic (exact) mass is 379 g/mol. The van der Waals surface area contributed by atoms with E-state index in [0.29, 0.717) is 12.4 Å². The van der Waals surface area contributed by atoms with E-state index in [0.717, 1.165) is 35.4 Å². The van der Waals surface area contributed by atoms with Gasteiger partial charge in [-0.2, -0.15) is 0 Å². The number of ether oxygens (including phenoxy) is 2. The highest BCUT2D eigenvalue weighted by molar-refractivity contribution is 5.69. The Labute approximate surface area is 166 Å². The Balaban J connectivity index is 1.91. The van der Waals surface area contributed by atoms with Crippen LogP contribution >= 0.6 is 0 Å². The third kappa shape index (κ3) is 4.16. The molecule has 0 fully saturated rings. The average Bonchev–Trinajstić information content (AvgIpc) is 2.72. The molecule has 146 valence electrons. The molecule has 28 heavy (non-hydrogen) atoms. The molecule has 2 aromatic carbocycles. The first-order chi connectivity index (χ1) is 13.6. The molecule has 3 rings (SSSR count). The number of aromatic nitrogens is 1. The van der Waals surface area contributed by atoms with Gasteiger partial charge in [0.1, 0.15) is 23.9 Å². The Morgan fingerprint density at radius 3 is 2.25 bits per heavy atom. The average molecular weight is 379 g/mol. The number of aryl methyl sites for hydroxylation is 3. The molecule has 4 heteroatoms. The van der Waals surface area contributed by atoms with Gasteiger partial charge in [-0.05, 0) is 54.7 Å². The van der Waals surface area contributed by atoms with Gasteiger partial charge < -0.3 is 9.47 Å². The van der Waals surface area contributed by atoms with E-state index in [1.54, 1.807) is 19.4 Å². The van der Waals surface area contributed by atoms with E-state index in [1.807, 2.05) is 13.0 Å². The van der Waals surface area contributed by atoms with E-state index >= 15 is 0 Å². The standard InChI is InChI=1S/C24H26FNO2/c1-5-17-8-7-9-18(6-2)24(17)21-13-23(27-4)19(14-26-21)15-28-22-11-10-20(25)12-16(22)3/h7-14H,5-6,15H2,1-4H3. The van der Waals surface area contributed by atoms with Crippen LogP contribution in [0.15, 0.2) is 48.7 Å². The molecule has 0 amide bonds.